The van der Waals surface area contributed by atoms with E-state index >= 15 is 0 Å². The van der Waals surface area contributed by atoms with Gasteiger partial charge in [-0.25, -0.2) is 4.79 Å². The van der Waals surface area contributed by atoms with Crippen molar-refractivity contribution in [2.45, 2.75) is 111 Å². The molecule has 8 nitrogen and oxygen atoms in total. The standard InChI is InChI=1S/C29H44N4O4/c1-8-19(2)24(32-28(36)37-29(5,6)7)27(35)33(17-16-30)25(22-15-14-20(3)21(4)18-22)26(34)31-23-12-10-9-11-13-23/h14-15,18-19,23-25H,8-13,17H2,1-7H3,(H,31,34)(H,32,36). The Labute approximate surface area is 222 Å². The fourth-order valence-corrected chi connectivity index (χ4v) is 4.60. The number of nitrogens with zero attached hydrogens (tertiary/aromatic N) is 2. The third-order valence-corrected chi connectivity index (χ3v) is 7.03. The van der Waals surface area contributed by atoms with E-state index in [1.165, 1.54) is 4.90 Å². The highest BCUT2D eigenvalue weighted by atomic mass is 16.6. The lowest BCUT2D eigenvalue weighted by molar-refractivity contribution is -0.143. The topological polar surface area (TPSA) is 112 Å². The molecule has 0 spiro atoms. The van der Waals surface area contributed by atoms with Crippen molar-refractivity contribution in [3.05, 3.63) is 34.9 Å². The van der Waals surface area contributed by atoms with Gasteiger partial charge in [0.1, 0.15) is 24.2 Å². The molecule has 0 bridgehead atoms. The number of hydrogen-bond donors (Lipinski definition) is 2. The fraction of sp³-hybridized carbons (Fsp3) is 0.655. The van der Waals surface area contributed by atoms with Crippen LogP contribution in [0.3, 0.4) is 0 Å². The Morgan fingerprint density at radius 3 is 2.32 bits per heavy atom. The molecule has 0 heterocycles. The van der Waals surface area contributed by atoms with Gasteiger partial charge in [-0.2, -0.15) is 5.26 Å². The SMILES string of the molecule is CCC(C)C(NC(=O)OC(C)(C)C)C(=O)N(CC#N)C(C(=O)NC1CCCCC1)c1ccc(C)c(C)c1. The van der Waals surface area contributed by atoms with Gasteiger partial charge < -0.3 is 20.3 Å². The minimum atomic E-state index is -1.000. The molecule has 3 unspecified atom stereocenters. The van der Waals surface area contributed by atoms with Crippen LogP contribution >= 0.6 is 0 Å². The van der Waals surface area contributed by atoms with E-state index in [9.17, 15) is 19.6 Å². The van der Waals surface area contributed by atoms with Gasteiger partial charge in [0.05, 0.1) is 6.07 Å². The molecule has 2 N–H and O–H groups in total. The first kappa shape index (κ1) is 30.1. The average molecular weight is 513 g/mol. The molecule has 1 saturated carbocycles. The van der Waals surface area contributed by atoms with Crippen molar-refractivity contribution in [3.63, 3.8) is 0 Å². The van der Waals surface area contributed by atoms with Crippen molar-refractivity contribution in [1.29, 1.82) is 5.26 Å². The monoisotopic (exact) mass is 512 g/mol. The molecule has 1 aromatic rings. The summed E-state index contributed by atoms with van der Waals surface area (Å²) in [5.41, 5.74) is 1.96. The predicted octanol–water partition coefficient (Wildman–Crippen LogP) is 5.09. The average Bonchev–Trinajstić information content (AvgIpc) is 2.83. The van der Waals surface area contributed by atoms with Crippen LogP contribution in [0.5, 0.6) is 0 Å². The van der Waals surface area contributed by atoms with Gasteiger partial charge in [-0.1, -0.05) is 57.7 Å². The summed E-state index contributed by atoms with van der Waals surface area (Å²) in [5.74, 6) is -1.04. The highest BCUT2D eigenvalue weighted by Crippen LogP contribution is 2.27. The van der Waals surface area contributed by atoms with Crippen molar-refractivity contribution in [1.82, 2.24) is 15.5 Å². The molecule has 0 saturated heterocycles. The van der Waals surface area contributed by atoms with Crippen molar-refractivity contribution < 1.29 is 19.1 Å². The normalized spacial score (nSPS) is 16.6. The molecule has 3 amide bonds. The second-order valence-electron chi connectivity index (χ2n) is 11.2. The van der Waals surface area contributed by atoms with E-state index < -0.39 is 29.7 Å². The number of hydrogen-bond acceptors (Lipinski definition) is 5. The summed E-state index contributed by atoms with van der Waals surface area (Å²) in [4.78, 5) is 41.7. The van der Waals surface area contributed by atoms with Gasteiger partial charge in [0, 0.05) is 6.04 Å². The number of ether oxygens (including phenoxy) is 1. The molecular weight excluding hydrogens is 468 g/mol. The molecule has 8 heteroatoms. The molecule has 0 aliphatic heterocycles. The number of benzene rings is 1. The minimum absolute atomic E-state index is 0.0413. The first-order valence-electron chi connectivity index (χ1n) is 13.4. The molecule has 3 atom stereocenters. The van der Waals surface area contributed by atoms with Crippen molar-refractivity contribution >= 4 is 17.9 Å². The van der Waals surface area contributed by atoms with Crippen LogP contribution in [0.1, 0.15) is 95.9 Å². The second kappa shape index (κ2) is 13.5. The Hall–Kier alpha value is -3.08. The van der Waals surface area contributed by atoms with Gasteiger partial charge in [-0.05, 0) is 70.1 Å². The molecule has 1 fully saturated rings. The van der Waals surface area contributed by atoms with Crippen LogP contribution in [-0.4, -0.2) is 47.0 Å². The Kier molecular flexibility index (Phi) is 11.0. The van der Waals surface area contributed by atoms with Crippen molar-refractivity contribution in [2.24, 2.45) is 5.92 Å². The molecule has 0 radical (unpaired) electrons. The number of rotatable bonds is 9. The predicted molar refractivity (Wildman–Crippen MR) is 144 cm³/mol. The molecule has 204 valence electrons. The highest BCUT2D eigenvalue weighted by molar-refractivity contribution is 5.92. The summed E-state index contributed by atoms with van der Waals surface area (Å²) in [6.07, 6.45) is 4.94. The van der Waals surface area contributed by atoms with Crippen LogP contribution in [0.2, 0.25) is 0 Å². The van der Waals surface area contributed by atoms with E-state index in [4.69, 9.17) is 4.74 Å². The minimum Gasteiger partial charge on any atom is -0.444 e. The van der Waals surface area contributed by atoms with Crippen LogP contribution in [0.25, 0.3) is 0 Å². The lowest BCUT2D eigenvalue weighted by atomic mass is 9.93. The van der Waals surface area contributed by atoms with E-state index in [0.717, 1.165) is 43.2 Å². The highest BCUT2D eigenvalue weighted by Gasteiger charge is 2.38. The summed E-state index contributed by atoms with van der Waals surface area (Å²) < 4.78 is 5.41. The third-order valence-electron chi connectivity index (χ3n) is 7.03. The molecular formula is C29H44N4O4. The first-order chi connectivity index (χ1) is 17.4. The van der Waals surface area contributed by atoms with Crippen LogP contribution in [-0.2, 0) is 14.3 Å². The van der Waals surface area contributed by atoms with Gasteiger partial charge >= 0.3 is 6.09 Å². The van der Waals surface area contributed by atoms with Gasteiger partial charge in [-0.3, -0.25) is 9.59 Å². The van der Waals surface area contributed by atoms with Gasteiger partial charge in [0.15, 0.2) is 0 Å². The number of alkyl carbamates (subject to hydrolysis) is 1. The summed E-state index contributed by atoms with van der Waals surface area (Å²) in [6.45, 7) is 12.7. The van der Waals surface area contributed by atoms with E-state index in [0.29, 0.717) is 12.0 Å². The zero-order valence-electron chi connectivity index (χ0n) is 23.5. The van der Waals surface area contributed by atoms with Crippen LogP contribution in [0.4, 0.5) is 4.79 Å². The molecule has 1 aliphatic carbocycles. The second-order valence-corrected chi connectivity index (χ2v) is 11.2. The van der Waals surface area contributed by atoms with Crippen LogP contribution in [0.15, 0.2) is 18.2 Å². The number of carbonyl (C=O) groups is 3. The molecule has 1 aromatic carbocycles. The molecule has 1 aliphatic rings. The lowest BCUT2D eigenvalue weighted by Gasteiger charge is -2.35. The van der Waals surface area contributed by atoms with Gasteiger partial charge in [0.2, 0.25) is 11.8 Å². The van der Waals surface area contributed by atoms with Crippen molar-refractivity contribution in [2.75, 3.05) is 6.54 Å². The van der Waals surface area contributed by atoms with E-state index in [1.807, 2.05) is 45.9 Å². The molecule has 37 heavy (non-hydrogen) atoms. The summed E-state index contributed by atoms with van der Waals surface area (Å²) in [5, 5.41) is 15.6. The summed E-state index contributed by atoms with van der Waals surface area (Å²) in [7, 11) is 0. The number of carbonyl (C=O) groups excluding carboxylic acids is 3. The van der Waals surface area contributed by atoms with Crippen molar-refractivity contribution in [3.8, 4) is 6.07 Å². The largest absolute Gasteiger partial charge is 0.444 e. The third kappa shape index (κ3) is 8.77. The Balaban J connectivity index is 2.48. The Bertz CT molecular complexity index is 989. The smallest absolute Gasteiger partial charge is 0.408 e. The number of nitrogens with one attached hydrogen (secondary N) is 2. The summed E-state index contributed by atoms with van der Waals surface area (Å²) in [6, 6.07) is 5.82. The maximum Gasteiger partial charge on any atom is 0.408 e. The fourth-order valence-electron chi connectivity index (χ4n) is 4.60. The van der Waals surface area contributed by atoms with Gasteiger partial charge in [-0.15, -0.1) is 0 Å². The zero-order chi connectivity index (χ0) is 27.8. The number of nitriles is 1. The first-order valence-corrected chi connectivity index (χ1v) is 13.4. The van der Waals surface area contributed by atoms with E-state index in [2.05, 4.69) is 16.7 Å². The number of aryl methyl sites for hydroxylation is 2. The van der Waals surface area contributed by atoms with Crippen LogP contribution in [0, 0.1) is 31.1 Å². The molecule has 2 rings (SSSR count). The van der Waals surface area contributed by atoms with E-state index in [-0.39, 0.29) is 24.4 Å². The quantitative estimate of drug-likeness (QED) is 0.448. The zero-order valence-corrected chi connectivity index (χ0v) is 23.5. The number of amides is 3. The van der Waals surface area contributed by atoms with Crippen LogP contribution < -0.4 is 10.6 Å². The Morgan fingerprint density at radius 2 is 1.78 bits per heavy atom. The van der Waals surface area contributed by atoms with Gasteiger partial charge in [0.25, 0.3) is 0 Å². The maximum absolute atomic E-state index is 14.0. The molecule has 0 aromatic heterocycles. The Morgan fingerprint density at radius 1 is 1.14 bits per heavy atom. The maximum atomic E-state index is 14.0. The summed E-state index contributed by atoms with van der Waals surface area (Å²) >= 11 is 0. The lowest BCUT2D eigenvalue weighted by Crippen LogP contribution is -2.55. The van der Waals surface area contributed by atoms with E-state index in [1.54, 1.807) is 20.8 Å².